The van der Waals surface area contributed by atoms with E-state index in [2.05, 4.69) is 39.9 Å². The Morgan fingerprint density at radius 2 is 2.10 bits per heavy atom. The second kappa shape index (κ2) is 6.72. The fourth-order valence-corrected chi connectivity index (χ4v) is 3.89. The molecule has 1 aliphatic rings. The third-order valence-corrected chi connectivity index (χ3v) is 4.88. The van der Waals surface area contributed by atoms with Crippen LogP contribution in [0.2, 0.25) is 5.02 Å². The van der Waals surface area contributed by atoms with Crippen molar-refractivity contribution in [1.82, 2.24) is 10.2 Å². The first-order chi connectivity index (χ1) is 9.84. The van der Waals surface area contributed by atoms with E-state index >= 15 is 0 Å². The van der Waals surface area contributed by atoms with Crippen LogP contribution in [0.1, 0.15) is 22.9 Å². The molecule has 0 spiro atoms. The van der Waals surface area contributed by atoms with Gasteiger partial charge in [-0.05, 0) is 42.1 Å². The number of hydrogen-bond acceptors (Lipinski definition) is 3. The topological polar surface area (TPSA) is 15.3 Å². The Labute approximate surface area is 129 Å². The summed E-state index contributed by atoms with van der Waals surface area (Å²) < 4.78 is 0. The Balaban J connectivity index is 1.95. The summed E-state index contributed by atoms with van der Waals surface area (Å²) in [5.41, 5.74) is 1.29. The molecule has 1 saturated heterocycles. The maximum Gasteiger partial charge on any atom is 0.0697 e. The van der Waals surface area contributed by atoms with E-state index in [9.17, 15) is 0 Å². The number of rotatable bonds is 3. The highest BCUT2D eigenvalue weighted by molar-refractivity contribution is 7.10. The summed E-state index contributed by atoms with van der Waals surface area (Å²) in [5, 5.41) is 6.45. The Kier molecular flexibility index (Phi) is 4.73. The average Bonchev–Trinajstić information content (AvgIpc) is 2.83. The lowest BCUT2D eigenvalue weighted by atomic mass is 10.0. The van der Waals surface area contributed by atoms with E-state index in [4.69, 9.17) is 11.6 Å². The maximum atomic E-state index is 6.19. The summed E-state index contributed by atoms with van der Waals surface area (Å²) in [5.74, 6) is 0. The molecule has 0 saturated carbocycles. The molecule has 2 heterocycles. The number of nitrogens with one attached hydrogen (secondary N) is 1. The monoisotopic (exact) mass is 306 g/mol. The predicted octanol–water partition coefficient (Wildman–Crippen LogP) is 3.79. The molecule has 1 unspecified atom stereocenters. The van der Waals surface area contributed by atoms with Crippen LogP contribution < -0.4 is 5.32 Å². The quantitative estimate of drug-likeness (QED) is 0.928. The molecular weight excluding hydrogens is 288 g/mol. The molecule has 3 rings (SSSR count). The van der Waals surface area contributed by atoms with Crippen molar-refractivity contribution in [3.05, 3.63) is 57.2 Å². The van der Waals surface area contributed by atoms with E-state index in [1.807, 2.05) is 23.5 Å². The van der Waals surface area contributed by atoms with Crippen molar-refractivity contribution in [2.75, 3.05) is 26.2 Å². The van der Waals surface area contributed by atoms with Crippen LogP contribution in [0.3, 0.4) is 0 Å². The van der Waals surface area contributed by atoms with Gasteiger partial charge < -0.3 is 5.32 Å². The van der Waals surface area contributed by atoms with Crippen LogP contribution in [-0.4, -0.2) is 31.1 Å². The van der Waals surface area contributed by atoms with Crippen LogP contribution in [0.25, 0.3) is 0 Å². The minimum atomic E-state index is 0.327. The maximum absolute atomic E-state index is 6.19. The van der Waals surface area contributed by atoms with E-state index < -0.39 is 0 Å². The van der Waals surface area contributed by atoms with Gasteiger partial charge in [0.15, 0.2) is 0 Å². The molecule has 0 radical (unpaired) electrons. The summed E-state index contributed by atoms with van der Waals surface area (Å²) in [7, 11) is 0. The van der Waals surface area contributed by atoms with Crippen molar-refractivity contribution in [3.63, 3.8) is 0 Å². The van der Waals surface area contributed by atoms with E-state index in [0.717, 1.165) is 31.2 Å². The molecule has 1 atom stereocenters. The van der Waals surface area contributed by atoms with Gasteiger partial charge in [0.05, 0.1) is 6.04 Å². The summed E-state index contributed by atoms with van der Waals surface area (Å²) >= 11 is 8.02. The summed E-state index contributed by atoms with van der Waals surface area (Å²) in [6.45, 7) is 4.38. The van der Waals surface area contributed by atoms with E-state index in [0.29, 0.717) is 6.04 Å². The van der Waals surface area contributed by atoms with E-state index in [1.165, 1.54) is 16.9 Å². The zero-order valence-corrected chi connectivity index (χ0v) is 13.0. The van der Waals surface area contributed by atoms with Gasteiger partial charge in [-0.25, -0.2) is 0 Å². The molecule has 4 heteroatoms. The van der Waals surface area contributed by atoms with Crippen molar-refractivity contribution in [2.45, 2.75) is 12.5 Å². The molecule has 2 nitrogen and oxygen atoms in total. The molecule has 0 amide bonds. The van der Waals surface area contributed by atoms with Crippen LogP contribution in [-0.2, 0) is 0 Å². The number of nitrogens with zero attached hydrogens (tertiary/aromatic N) is 1. The lowest BCUT2D eigenvalue weighted by molar-refractivity contribution is 0.244. The Hall–Kier alpha value is -0.870. The molecule has 0 aliphatic carbocycles. The molecule has 2 aromatic rings. The molecule has 106 valence electrons. The predicted molar refractivity (Wildman–Crippen MR) is 86.7 cm³/mol. The minimum Gasteiger partial charge on any atom is -0.315 e. The minimum absolute atomic E-state index is 0.327. The lowest BCUT2D eigenvalue weighted by Gasteiger charge is -2.30. The first-order valence-electron chi connectivity index (χ1n) is 7.08. The van der Waals surface area contributed by atoms with Crippen LogP contribution in [0.15, 0.2) is 41.8 Å². The van der Waals surface area contributed by atoms with Crippen molar-refractivity contribution in [2.24, 2.45) is 0 Å². The molecule has 1 aromatic carbocycles. The highest BCUT2D eigenvalue weighted by Crippen LogP contribution is 2.33. The van der Waals surface area contributed by atoms with Gasteiger partial charge >= 0.3 is 0 Å². The number of halogens is 1. The smallest absolute Gasteiger partial charge is 0.0697 e. The van der Waals surface area contributed by atoms with Crippen LogP contribution in [0.4, 0.5) is 0 Å². The summed E-state index contributed by atoms with van der Waals surface area (Å²) in [6, 6.07) is 13.0. The summed E-state index contributed by atoms with van der Waals surface area (Å²) in [4.78, 5) is 3.96. The number of hydrogen-bond donors (Lipinski definition) is 1. The van der Waals surface area contributed by atoms with Crippen molar-refractivity contribution >= 4 is 22.9 Å². The molecule has 1 aliphatic heterocycles. The zero-order chi connectivity index (χ0) is 13.8. The van der Waals surface area contributed by atoms with Gasteiger partial charge in [0.2, 0.25) is 0 Å². The van der Waals surface area contributed by atoms with Crippen molar-refractivity contribution in [1.29, 1.82) is 0 Å². The SMILES string of the molecule is Clc1cccc(C(c2cccs2)N2CCCNCC2)c1. The van der Waals surface area contributed by atoms with Crippen molar-refractivity contribution in [3.8, 4) is 0 Å². The van der Waals surface area contributed by atoms with Crippen LogP contribution >= 0.6 is 22.9 Å². The molecule has 1 fully saturated rings. The number of benzene rings is 1. The van der Waals surface area contributed by atoms with E-state index in [1.54, 1.807) is 0 Å². The van der Waals surface area contributed by atoms with Gasteiger partial charge in [-0.2, -0.15) is 0 Å². The second-order valence-electron chi connectivity index (χ2n) is 5.11. The normalized spacial score (nSPS) is 18.6. The highest BCUT2D eigenvalue weighted by atomic mass is 35.5. The second-order valence-corrected chi connectivity index (χ2v) is 6.53. The van der Waals surface area contributed by atoms with Gasteiger partial charge in [-0.15, -0.1) is 11.3 Å². The molecule has 1 N–H and O–H groups in total. The Morgan fingerprint density at radius 3 is 2.90 bits per heavy atom. The van der Waals surface area contributed by atoms with Gasteiger partial charge in [0.1, 0.15) is 0 Å². The molecular formula is C16H19ClN2S. The molecule has 20 heavy (non-hydrogen) atoms. The lowest BCUT2D eigenvalue weighted by Crippen LogP contribution is -2.32. The first-order valence-corrected chi connectivity index (χ1v) is 8.34. The standard InChI is InChI=1S/C16H19ClN2S/c17-14-5-1-4-13(12-14)16(15-6-2-11-20-15)19-9-3-7-18-8-10-19/h1-2,4-6,11-12,16,18H,3,7-10H2. The fraction of sp³-hybridized carbons (Fsp3) is 0.375. The molecule has 1 aromatic heterocycles. The Bertz CT molecular complexity index is 533. The fourth-order valence-electron chi connectivity index (χ4n) is 2.80. The Morgan fingerprint density at radius 1 is 1.15 bits per heavy atom. The molecule has 0 bridgehead atoms. The first kappa shape index (κ1) is 14.1. The third kappa shape index (κ3) is 3.23. The van der Waals surface area contributed by atoms with Gasteiger partial charge in [-0.3, -0.25) is 4.90 Å². The zero-order valence-electron chi connectivity index (χ0n) is 11.4. The van der Waals surface area contributed by atoms with E-state index in [-0.39, 0.29) is 0 Å². The highest BCUT2D eigenvalue weighted by Gasteiger charge is 2.24. The van der Waals surface area contributed by atoms with Gasteiger partial charge in [0, 0.05) is 29.5 Å². The van der Waals surface area contributed by atoms with Crippen LogP contribution in [0, 0.1) is 0 Å². The largest absolute Gasteiger partial charge is 0.315 e. The van der Waals surface area contributed by atoms with Crippen LogP contribution in [0.5, 0.6) is 0 Å². The number of thiophene rings is 1. The van der Waals surface area contributed by atoms with Gasteiger partial charge in [0.25, 0.3) is 0 Å². The van der Waals surface area contributed by atoms with Gasteiger partial charge in [-0.1, -0.05) is 29.8 Å². The summed E-state index contributed by atoms with van der Waals surface area (Å²) in [6.07, 6.45) is 1.20. The average molecular weight is 307 g/mol. The third-order valence-electron chi connectivity index (χ3n) is 3.72. The van der Waals surface area contributed by atoms with Crippen molar-refractivity contribution < 1.29 is 0 Å².